The molecule has 0 saturated carbocycles. The predicted octanol–water partition coefficient (Wildman–Crippen LogP) is 3.69. The molecule has 1 atom stereocenters. The molecule has 1 aliphatic heterocycles. The molecule has 1 amide bonds. The maximum Gasteiger partial charge on any atom is 0.341 e. The van der Waals surface area contributed by atoms with Crippen molar-refractivity contribution in [3.63, 3.8) is 0 Å². The van der Waals surface area contributed by atoms with E-state index in [2.05, 4.69) is 10.2 Å². The minimum Gasteiger partial charge on any atom is -0.462 e. The van der Waals surface area contributed by atoms with Gasteiger partial charge in [-0.25, -0.2) is 4.79 Å². The van der Waals surface area contributed by atoms with Gasteiger partial charge in [-0.15, -0.1) is 22.7 Å². The number of nitrogens with zero attached hydrogens (tertiary/aromatic N) is 1. The van der Waals surface area contributed by atoms with Crippen molar-refractivity contribution in [2.24, 2.45) is 5.92 Å². The van der Waals surface area contributed by atoms with Crippen LogP contribution in [0.2, 0.25) is 0 Å². The fourth-order valence-corrected chi connectivity index (χ4v) is 5.21. The Morgan fingerprint density at radius 1 is 1.39 bits per heavy atom. The highest BCUT2D eigenvalue weighted by Gasteiger charge is 2.24. The van der Waals surface area contributed by atoms with Gasteiger partial charge < -0.3 is 20.1 Å². The topological polar surface area (TPSA) is 78.9 Å². The molecule has 1 aliphatic rings. The van der Waals surface area contributed by atoms with Gasteiger partial charge in [0.05, 0.1) is 6.61 Å². The Balaban J connectivity index is 1.66. The minimum atomic E-state index is -0.413. The lowest BCUT2D eigenvalue weighted by Gasteiger charge is -2.31. The van der Waals surface area contributed by atoms with E-state index in [1.54, 1.807) is 18.3 Å². The zero-order chi connectivity index (χ0) is 19.9. The second kappa shape index (κ2) is 10.2. The largest absolute Gasteiger partial charge is 0.462 e. The number of hydrogen-bond donors (Lipinski definition) is 2. The zero-order valence-electron chi connectivity index (χ0n) is 16.0. The Kier molecular flexibility index (Phi) is 7.61. The quantitative estimate of drug-likeness (QED) is 0.635. The van der Waals surface area contributed by atoms with Gasteiger partial charge in [-0.2, -0.15) is 0 Å². The number of hydrogen-bond acceptors (Lipinski definition) is 7. The van der Waals surface area contributed by atoms with Crippen molar-refractivity contribution in [1.29, 1.82) is 0 Å². The number of ether oxygens (including phenoxy) is 1. The molecule has 2 N–H and O–H groups in total. The third-order valence-electron chi connectivity index (χ3n) is 4.83. The SMILES string of the molecule is CCOC(=O)c1c(-c2cccs2)csc1NC(=O)CCN1CCCC(CO)C1. The maximum atomic E-state index is 12.5. The highest BCUT2D eigenvalue weighted by atomic mass is 32.1. The van der Waals surface area contributed by atoms with E-state index in [0.717, 1.165) is 36.4 Å². The summed E-state index contributed by atoms with van der Waals surface area (Å²) in [5.74, 6) is -0.224. The van der Waals surface area contributed by atoms with Crippen LogP contribution in [0.25, 0.3) is 10.4 Å². The van der Waals surface area contributed by atoms with Crippen molar-refractivity contribution in [3.8, 4) is 10.4 Å². The molecule has 1 unspecified atom stereocenters. The van der Waals surface area contributed by atoms with Crippen LogP contribution in [0, 0.1) is 5.92 Å². The first kappa shape index (κ1) is 21.0. The Morgan fingerprint density at radius 2 is 2.25 bits per heavy atom. The fraction of sp³-hybridized carbons (Fsp3) is 0.500. The number of nitrogens with one attached hydrogen (secondary N) is 1. The zero-order valence-corrected chi connectivity index (χ0v) is 17.6. The van der Waals surface area contributed by atoms with E-state index in [-0.39, 0.29) is 19.1 Å². The summed E-state index contributed by atoms with van der Waals surface area (Å²) in [7, 11) is 0. The molecule has 1 fully saturated rings. The van der Waals surface area contributed by atoms with E-state index in [1.807, 2.05) is 22.9 Å². The average molecular weight is 423 g/mol. The van der Waals surface area contributed by atoms with Crippen LogP contribution in [0.1, 0.15) is 36.5 Å². The molecule has 28 heavy (non-hydrogen) atoms. The molecule has 0 spiro atoms. The van der Waals surface area contributed by atoms with Crippen LogP contribution in [0.5, 0.6) is 0 Å². The summed E-state index contributed by atoms with van der Waals surface area (Å²) in [6.07, 6.45) is 2.45. The summed E-state index contributed by atoms with van der Waals surface area (Å²) in [6.45, 7) is 4.70. The molecule has 152 valence electrons. The second-order valence-electron chi connectivity index (χ2n) is 6.84. The molecule has 2 aromatic heterocycles. The number of carbonyl (C=O) groups is 2. The number of carbonyl (C=O) groups excluding carboxylic acids is 2. The molecule has 1 saturated heterocycles. The van der Waals surface area contributed by atoms with Gasteiger partial charge in [-0.05, 0) is 43.7 Å². The third kappa shape index (κ3) is 5.20. The van der Waals surface area contributed by atoms with Gasteiger partial charge in [0, 0.05) is 41.9 Å². The Hall–Kier alpha value is -1.74. The summed E-state index contributed by atoms with van der Waals surface area (Å²) in [4.78, 5) is 28.2. The van der Waals surface area contributed by atoms with Crippen LogP contribution in [0.15, 0.2) is 22.9 Å². The number of anilines is 1. The normalized spacial score (nSPS) is 17.4. The molecule has 0 radical (unpaired) electrons. The smallest absolute Gasteiger partial charge is 0.341 e. The minimum absolute atomic E-state index is 0.115. The first-order valence-corrected chi connectivity index (χ1v) is 11.3. The first-order chi connectivity index (χ1) is 13.6. The van der Waals surface area contributed by atoms with E-state index < -0.39 is 5.97 Å². The van der Waals surface area contributed by atoms with Gasteiger partial charge in [-0.1, -0.05) is 6.07 Å². The monoisotopic (exact) mass is 422 g/mol. The highest BCUT2D eigenvalue weighted by molar-refractivity contribution is 7.17. The van der Waals surface area contributed by atoms with Gasteiger partial charge in [0.15, 0.2) is 0 Å². The van der Waals surface area contributed by atoms with Gasteiger partial charge in [0.1, 0.15) is 10.6 Å². The van der Waals surface area contributed by atoms with Crippen molar-refractivity contribution < 1.29 is 19.4 Å². The Morgan fingerprint density at radius 3 is 2.96 bits per heavy atom. The average Bonchev–Trinajstić information content (AvgIpc) is 3.36. The molecule has 8 heteroatoms. The van der Waals surface area contributed by atoms with Gasteiger partial charge in [0.2, 0.25) is 5.91 Å². The molecule has 0 bridgehead atoms. The van der Waals surface area contributed by atoms with E-state index in [9.17, 15) is 14.7 Å². The Labute approximate surface area is 173 Å². The van der Waals surface area contributed by atoms with Crippen molar-refractivity contribution in [2.45, 2.75) is 26.2 Å². The molecule has 0 aromatic carbocycles. The molecule has 3 rings (SSSR count). The summed E-state index contributed by atoms with van der Waals surface area (Å²) in [5.41, 5.74) is 1.23. The number of likely N-dealkylation sites (tertiary alicyclic amines) is 1. The maximum absolute atomic E-state index is 12.5. The fourth-order valence-electron chi connectivity index (χ4n) is 3.42. The van der Waals surface area contributed by atoms with E-state index in [4.69, 9.17) is 4.74 Å². The van der Waals surface area contributed by atoms with Crippen LogP contribution in [-0.2, 0) is 9.53 Å². The summed E-state index contributed by atoms with van der Waals surface area (Å²) < 4.78 is 5.22. The number of aliphatic hydroxyl groups is 1. The lowest BCUT2D eigenvalue weighted by molar-refractivity contribution is -0.116. The highest BCUT2D eigenvalue weighted by Crippen LogP contribution is 2.38. The third-order valence-corrected chi connectivity index (χ3v) is 6.63. The number of thiophene rings is 2. The second-order valence-corrected chi connectivity index (χ2v) is 8.67. The molecule has 6 nitrogen and oxygen atoms in total. The summed E-state index contributed by atoms with van der Waals surface area (Å²) >= 11 is 2.90. The predicted molar refractivity (Wildman–Crippen MR) is 113 cm³/mol. The number of esters is 1. The van der Waals surface area contributed by atoms with Gasteiger partial charge >= 0.3 is 5.97 Å². The van der Waals surface area contributed by atoms with Crippen LogP contribution in [0.3, 0.4) is 0 Å². The number of rotatable bonds is 8. The summed E-state index contributed by atoms with van der Waals surface area (Å²) in [6, 6.07) is 3.89. The standard InChI is InChI=1S/C20H26N2O4S2/c1-2-26-20(25)18-15(16-6-4-10-27-16)13-28-19(18)21-17(24)7-9-22-8-3-5-14(11-22)12-23/h4,6,10,13-14,23H,2-3,5,7-9,11-12H2,1H3,(H,21,24). The molecule has 2 aromatic rings. The van der Waals surface area contributed by atoms with Crippen molar-refractivity contribution in [1.82, 2.24) is 4.90 Å². The van der Waals surface area contributed by atoms with Gasteiger partial charge in [-0.3, -0.25) is 4.79 Å². The number of amides is 1. The van der Waals surface area contributed by atoms with Crippen molar-refractivity contribution >= 4 is 39.6 Å². The van der Waals surface area contributed by atoms with Crippen LogP contribution < -0.4 is 5.32 Å². The first-order valence-electron chi connectivity index (χ1n) is 9.58. The molecule has 3 heterocycles. The van der Waals surface area contributed by atoms with Gasteiger partial charge in [0.25, 0.3) is 0 Å². The lowest BCUT2D eigenvalue weighted by atomic mass is 9.99. The van der Waals surface area contributed by atoms with E-state index in [1.165, 1.54) is 11.3 Å². The molecular formula is C20H26N2O4S2. The summed E-state index contributed by atoms with van der Waals surface area (Å²) in [5, 5.41) is 16.6. The number of aliphatic hydroxyl groups excluding tert-OH is 1. The van der Waals surface area contributed by atoms with Crippen LogP contribution in [0.4, 0.5) is 5.00 Å². The van der Waals surface area contributed by atoms with Crippen LogP contribution in [-0.4, -0.2) is 54.7 Å². The van der Waals surface area contributed by atoms with E-state index >= 15 is 0 Å². The van der Waals surface area contributed by atoms with Crippen LogP contribution >= 0.6 is 22.7 Å². The molecule has 0 aliphatic carbocycles. The van der Waals surface area contributed by atoms with Crippen molar-refractivity contribution in [2.75, 3.05) is 38.2 Å². The lowest BCUT2D eigenvalue weighted by Crippen LogP contribution is -2.38. The van der Waals surface area contributed by atoms with E-state index in [0.29, 0.717) is 29.4 Å². The van der Waals surface area contributed by atoms with Crippen molar-refractivity contribution in [3.05, 3.63) is 28.5 Å². The Bertz CT molecular complexity index is 788. The molecular weight excluding hydrogens is 396 g/mol. The number of piperidine rings is 1.